The topological polar surface area (TPSA) is 47.9 Å². The number of oxime groups is 1. The summed E-state index contributed by atoms with van der Waals surface area (Å²) >= 11 is 12.0. The van der Waals surface area contributed by atoms with E-state index < -0.39 is 0 Å². The molecule has 2 aromatic carbocycles. The Morgan fingerprint density at radius 1 is 1.04 bits per heavy atom. The Morgan fingerprint density at radius 2 is 1.73 bits per heavy atom. The van der Waals surface area contributed by atoms with Crippen LogP contribution in [0.25, 0.3) is 0 Å². The largest absolute Gasteiger partial charge is 0.466 e. The molecule has 0 saturated carbocycles. The van der Waals surface area contributed by atoms with Crippen molar-refractivity contribution in [2.45, 2.75) is 33.3 Å². The maximum Gasteiger partial charge on any atom is 0.310 e. The van der Waals surface area contributed by atoms with Crippen molar-refractivity contribution in [3.05, 3.63) is 69.2 Å². The second-order valence-electron chi connectivity index (χ2n) is 5.57. The van der Waals surface area contributed by atoms with Crippen LogP contribution in [0.3, 0.4) is 0 Å². The Balaban J connectivity index is 2.17. The highest BCUT2D eigenvalue weighted by molar-refractivity contribution is 6.31. The van der Waals surface area contributed by atoms with E-state index in [0.29, 0.717) is 29.7 Å². The standard InChI is InChI=1S/C20H21Cl2NO3/c1-3-19(23-26-13-14-5-8-16(21)9-6-14)18-12-17(22)10-7-15(18)11-20(24)25-4-2/h5-10,12H,3-4,11,13H2,1-2H3/b23-19-. The van der Waals surface area contributed by atoms with Gasteiger partial charge in [-0.3, -0.25) is 4.79 Å². The summed E-state index contributed by atoms with van der Waals surface area (Å²) < 4.78 is 5.04. The van der Waals surface area contributed by atoms with Gasteiger partial charge in [0, 0.05) is 15.6 Å². The predicted octanol–water partition coefficient (Wildman–Crippen LogP) is 5.43. The van der Waals surface area contributed by atoms with Crippen LogP contribution in [-0.4, -0.2) is 18.3 Å². The lowest BCUT2D eigenvalue weighted by atomic mass is 9.99. The van der Waals surface area contributed by atoms with Crippen molar-refractivity contribution < 1.29 is 14.4 Å². The quantitative estimate of drug-likeness (QED) is 0.341. The first kappa shape index (κ1) is 20.3. The van der Waals surface area contributed by atoms with Crippen LogP contribution in [0.5, 0.6) is 0 Å². The van der Waals surface area contributed by atoms with Gasteiger partial charge in [0.25, 0.3) is 0 Å². The van der Waals surface area contributed by atoms with Crippen LogP contribution >= 0.6 is 23.2 Å². The van der Waals surface area contributed by atoms with E-state index in [4.69, 9.17) is 32.8 Å². The Labute approximate surface area is 163 Å². The number of rotatable bonds is 8. The lowest BCUT2D eigenvalue weighted by Crippen LogP contribution is -2.12. The molecule has 0 spiro atoms. The maximum atomic E-state index is 11.8. The SMILES string of the molecule is CCOC(=O)Cc1ccc(Cl)cc1/C(CC)=N\OCc1ccc(Cl)cc1. The smallest absolute Gasteiger partial charge is 0.310 e. The van der Waals surface area contributed by atoms with E-state index >= 15 is 0 Å². The molecule has 6 heteroatoms. The molecule has 26 heavy (non-hydrogen) atoms. The fourth-order valence-electron chi connectivity index (χ4n) is 2.41. The van der Waals surface area contributed by atoms with E-state index in [2.05, 4.69) is 5.16 Å². The summed E-state index contributed by atoms with van der Waals surface area (Å²) in [6, 6.07) is 12.7. The number of esters is 1. The van der Waals surface area contributed by atoms with Gasteiger partial charge in [-0.1, -0.05) is 53.5 Å². The third-order valence-corrected chi connectivity index (χ3v) is 4.16. The van der Waals surface area contributed by atoms with Gasteiger partial charge >= 0.3 is 5.97 Å². The van der Waals surface area contributed by atoms with Gasteiger partial charge in [0.1, 0.15) is 6.61 Å². The van der Waals surface area contributed by atoms with Gasteiger partial charge < -0.3 is 9.57 Å². The number of halogens is 2. The summed E-state index contributed by atoms with van der Waals surface area (Å²) in [6.45, 7) is 4.43. The molecule has 0 aliphatic rings. The Kier molecular flexibility index (Phi) is 7.95. The second-order valence-corrected chi connectivity index (χ2v) is 6.45. The molecule has 4 nitrogen and oxygen atoms in total. The van der Waals surface area contributed by atoms with E-state index in [9.17, 15) is 4.79 Å². The molecule has 0 fully saturated rings. The fraction of sp³-hybridized carbons (Fsp3) is 0.300. The van der Waals surface area contributed by atoms with Crippen molar-refractivity contribution in [1.29, 1.82) is 0 Å². The molecule has 0 atom stereocenters. The number of hydrogen-bond donors (Lipinski definition) is 0. The van der Waals surface area contributed by atoms with Crippen LogP contribution in [0.15, 0.2) is 47.6 Å². The zero-order valence-corrected chi connectivity index (χ0v) is 16.3. The van der Waals surface area contributed by atoms with Crippen molar-refractivity contribution >= 4 is 34.9 Å². The van der Waals surface area contributed by atoms with Gasteiger partial charge in [0.15, 0.2) is 0 Å². The van der Waals surface area contributed by atoms with Crippen LogP contribution < -0.4 is 0 Å². The molecule has 0 aliphatic heterocycles. The summed E-state index contributed by atoms with van der Waals surface area (Å²) in [6.07, 6.45) is 0.799. The molecule has 0 bridgehead atoms. The van der Waals surface area contributed by atoms with Gasteiger partial charge in [-0.25, -0.2) is 0 Å². The van der Waals surface area contributed by atoms with E-state index in [-0.39, 0.29) is 12.4 Å². The van der Waals surface area contributed by atoms with E-state index in [1.54, 1.807) is 31.2 Å². The van der Waals surface area contributed by atoms with Crippen molar-refractivity contribution in [2.75, 3.05) is 6.61 Å². The summed E-state index contributed by atoms with van der Waals surface area (Å²) in [4.78, 5) is 17.3. The normalized spacial score (nSPS) is 11.3. The molecule has 2 rings (SSSR count). The first-order valence-electron chi connectivity index (χ1n) is 8.41. The molecule has 0 amide bonds. The van der Waals surface area contributed by atoms with Gasteiger partial charge in [-0.05, 0) is 48.7 Å². The van der Waals surface area contributed by atoms with E-state index in [1.165, 1.54) is 0 Å². The number of nitrogens with zero attached hydrogens (tertiary/aromatic N) is 1. The minimum absolute atomic E-state index is 0.163. The second kappa shape index (κ2) is 10.2. The lowest BCUT2D eigenvalue weighted by molar-refractivity contribution is -0.142. The number of hydrogen-bond acceptors (Lipinski definition) is 4. The van der Waals surface area contributed by atoms with Gasteiger partial charge in [-0.2, -0.15) is 0 Å². The lowest BCUT2D eigenvalue weighted by Gasteiger charge is -2.11. The molecule has 0 aliphatic carbocycles. The molecule has 0 saturated heterocycles. The first-order valence-corrected chi connectivity index (χ1v) is 9.16. The zero-order valence-electron chi connectivity index (χ0n) is 14.8. The molecule has 0 N–H and O–H groups in total. The van der Waals surface area contributed by atoms with Crippen LogP contribution in [0, 0.1) is 0 Å². The minimum atomic E-state index is -0.284. The highest BCUT2D eigenvalue weighted by Gasteiger charge is 2.14. The monoisotopic (exact) mass is 393 g/mol. The number of carbonyl (C=O) groups excluding carboxylic acids is 1. The van der Waals surface area contributed by atoms with E-state index in [0.717, 1.165) is 22.4 Å². The van der Waals surface area contributed by atoms with Gasteiger partial charge in [-0.15, -0.1) is 0 Å². The summed E-state index contributed by atoms with van der Waals surface area (Å²) in [5, 5.41) is 5.51. The Bertz CT molecular complexity index is 773. The highest BCUT2D eigenvalue weighted by atomic mass is 35.5. The predicted molar refractivity (Wildman–Crippen MR) is 105 cm³/mol. The van der Waals surface area contributed by atoms with Gasteiger partial charge in [0.05, 0.1) is 18.7 Å². The molecule has 0 radical (unpaired) electrons. The number of carbonyl (C=O) groups is 1. The van der Waals surface area contributed by atoms with Crippen molar-refractivity contribution in [1.82, 2.24) is 0 Å². The molecule has 2 aromatic rings. The number of ether oxygens (including phenoxy) is 1. The minimum Gasteiger partial charge on any atom is -0.466 e. The van der Waals surface area contributed by atoms with Gasteiger partial charge in [0.2, 0.25) is 0 Å². The van der Waals surface area contributed by atoms with Crippen molar-refractivity contribution in [3.8, 4) is 0 Å². The van der Waals surface area contributed by atoms with Crippen molar-refractivity contribution in [2.24, 2.45) is 5.16 Å². The van der Waals surface area contributed by atoms with Crippen LogP contribution in [0.4, 0.5) is 0 Å². The molecule has 138 valence electrons. The maximum absolute atomic E-state index is 11.8. The van der Waals surface area contributed by atoms with Crippen molar-refractivity contribution in [3.63, 3.8) is 0 Å². The Hall–Kier alpha value is -2.04. The van der Waals surface area contributed by atoms with Crippen LogP contribution in [0.2, 0.25) is 10.0 Å². The summed E-state index contributed by atoms with van der Waals surface area (Å²) in [7, 11) is 0. The average Bonchev–Trinajstić information content (AvgIpc) is 2.62. The molecule has 0 heterocycles. The summed E-state index contributed by atoms with van der Waals surface area (Å²) in [5.41, 5.74) is 3.29. The van der Waals surface area contributed by atoms with Crippen LogP contribution in [-0.2, 0) is 27.4 Å². The average molecular weight is 394 g/mol. The molecular weight excluding hydrogens is 373 g/mol. The third-order valence-electron chi connectivity index (χ3n) is 3.68. The van der Waals surface area contributed by atoms with Crippen LogP contribution in [0.1, 0.15) is 37.0 Å². The summed E-state index contributed by atoms with van der Waals surface area (Å²) in [5.74, 6) is -0.284. The van der Waals surface area contributed by atoms with E-state index in [1.807, 2.05) is 25.1 Å². The third kappa shape index (κ3) is 6.04. The zero-order chi connectivity index (χ0) is 18.9. The highest BCUT2D eigenvalue weighted by Crippen LogP contribution is 2.20. The molecular formula is C20H21Cl2NO3. The first-order chi connectivity index (χ1) is 12.5. The molecule has 0 aromatic heterocycles. The fourth-order valence-corrected chi connectivity index (χ4v) is 2.71. The Morgan fingerprint density at radius 3 is 2.38 bits per heavy atom. The molecule has 0 unspecified atom stereocenters. The number of benzene rings is 2.